The van der Waals surface area contributed by atoms with Crippen LogP contribution in [-0.4, -0.2) is 40.1 Å². The molecule has 5 nitrogen and oxygen atoms in total. The second-order valence-corrected chi connectivity index (χ2v) is 6.61. The zero-order valence-electron chi connectivity index (χ0n) is 15.0. The molecule has 0 spiro atoms. The average Bonchev–Trinajstić information content (AvgIpc) is 3.23. The standard InChI is InChI=1S/C21H23N3O2/c1-2-23-15-16(14-20(23)25)21-22-18-10-6-7-11-19(18)24(21)12-13-26-17-8-4-3-5-9-17/h3-11,16H,2,12-15H2,1H3/t16-/m1/s1. The van der Waals surface area contributed by atoms with Gasteiger partial charge in [0.2, 0.25) is 5.91 Å². The molecule has 1 aliphatic rings. The van der Waals surface area contributed by atoms with E-state index in [0.29, 0.717) is 19.6 Å². The number of hydrogen-bond acceptors (Lipinski definition) is 3. The summed E-state index contributed by atoms with van der Waals surface area (Å²) in [7, 11) is 0. The second-order valence-electron chi connectivity index (χ2n) is 6.61. The van der Waals surface area contributed by atoms with E-state index in [1.54, 1.807) is 0 Å². The topological polar surface area (TPSA) is 47.4 Å². The predicted molar refractivity (Wildman–Crippen MR) is 101 cm³/mol. The molecule has 4 rings (SSSR count). The van der Waals surface area contributed by atoms with Crippen molar-refractivity contribution in [1.29, 1.82) is 0 Å². The first-order chi connectivity index (χ1) is 12.8. The fourth-order valence-electron chi connectivity index (χ4n) is 3.66. The molecule has 1 aliphatic heterocycles. The molecule has 134 valence electrons. The Morgan fingerprint density at radius 1 is 1.12 bits per heavy atom. The van der Waals surface area contributed by atoms with E-state index in [1.165, 1.54) is 0 Å². The summed E-state index contributed by atoms with van der Waals surface area (Å²) < 4.78 is 8.10. The van der Waals surface area contributed by atoms with Gasteiger partial charge in [0.1, 0.15) is 18.2 Å². The average molecular weight is 349 g/mol. The van der Waals surface area contributed by atoms with Crippen LogP contribution in [0.4, 0.5) is 0 Å². The third-order valence-electron chi connectivity index (χ3n) is 4.97. The fraction of sp³-hybridized carbons (Fsp3) is 0.333. The molecule has 2 aromatic carbocycles. The van der Waals surface area contributed by atoms with Crippen LogP contribution in [0.3, 0.4) is 0 Å². The highest BCUT2D eigenvalue weighted by Crippen LogP contribution is 2.30. The predicted octanol–water partition coefficient (Wildman–Crippen LogP) is 3.45. The zero-order valence-corrected chi connectivity index (χ0v) is 15.0. The minimum Gasteiger partial charge on any atom is -0.492 e. The molecule has 1 atom stereocenters. The van der Waals surface area contributed by atoms with E-state index >= 15 is 0 Å². The monoisotopic (exact) mass is 349 g/mol. The van der Waals surface area contributed by atoms with Crippen LogP contribution >= 0.6 is 0 Å². The Morgan fingerprint density at radius 3 is 2.65 bits per heavy atom. The number of carbonyl (C=O) groups excluding carboxylic acids is 1. The second kappa shape index (κ2) is 7.20. The number of likely N-dealkylation sites (N-methyl/N-ethyl adjacent to an activating group) is 1. The molecule has 1 amide bonds. The Kier molecular flexibility index (Phi) is 4.61. The van der Waals surface area contributed by atoms with Crippen LogP contribution in [0.1, 0.15) is 25.1 Å². The lowest BCUT2D eigenvalue weighted by Crippen LogP contribution is -2.24. The fourth-order valence-corrected chi connectivity index (χ4v) is 3.66. The lowest BCUT2D eigenvalue weighted by atomic mass is 10.1. The van der Waals surface area contributed by atoms with E-state index < -0.39 is 0 Å². The number of fused-ring (bicyclic) bond motifs is 1. The maximum atomic E-state index is 12.2. The molecule has 1 fully saturated rings. The number of ether oxygens (including phenoxy) is 1. The summed E-state index contributed by atoms with van der Waals surface area (Å²) in [6.45, 7) is 4.80. The van der Waals surface area contributed by atoms with Gasteiger partial charge < -0.3 is 14.2 Å². The number of para-hydroxylation sites is 3. The quantitative estimate of drug-likeness (QED) is 0.685. The van der Waals surface area contributed by atoms with Crippen molar-refractivity contribution in [2.75, 3.05) is 19.7 Å². The van der Waals surface area contributed by atoms with Crippen LogP contribution in [0.2, 0.25) is 0 Å². The van der Waals surface area contributed by atoms with Crippen molar-refractivity contribution < 1.29 is 9.53 Å². The van der Waals surface area contributed by atoms with E-state index in [-0.39, 0.29) is 11.8 Å². The van der Waals surface area contributed by atoms with Crippen molar-refractivity contribution >= 4 is 16.9 Å². The Labute approximate surface area is 153 Å². The van der Waals surface area contributed by atoms with Crippen LogP contribution in [0, 0.1) is 0 Å². The highest BCUT2D eigenvalue weighted by Gasteiger charge is 2.33. The minimum absolute atomic E-state index is 0.145. The van der Waals surface area contributed by atoms with Crippen molar-refractivity contribution in [1.82, 2.24) is 14.5 Å². The Hall–Kier alpha value is -2.82. The van der Waals surface area contributed by atoms with Crippen LogP contribution in [0.15, 0.2) is 54.6 Å². The van der Waals surface area contributed by atoms with Crippen LogP contribution < -0.4 is 4.74 Å². The highest BCUT2D eigenvalue weighted by atomic mass is 16.5. The summed E-state index contributed by atoms with van der Waals surface area (Å²) in [6.07, 6.45) is 0.538. The van der Waals surface area contributed by atoms with Gasteiger partial charge in [-0.25, -0.2) is 4.98 Å². The van der Waals surface area contributed by atoms with Gasteiger partial charge in [-0.1, -0.05) is 30.3 Å². The summed E-state index contributed by atoms with van der Waals surface area (Å²) in [5.74, 6) is 2.22. The van der Waals surface area contributed by atoms with Gasteiger partial charge in [0.25, 0.3) is 0 Å². The zero-order chi connectivity index (χ0) is 17.9. The highest BCUT2D eigenvalue weighted by molar-refractivity contribution is 5.80. The van der Waals surface area contributed by atoms with E-state index in [4.69, 9.17) is 9.72 Å². The molecule has 2 heterocycles. The number of likely N-dealkylation sites (tertiary alicyclic amines) is 1. The third-order valence-corrected chi connectivity index (χ3v) is 4.97. The van der Waals surface area contributed by atoms with Gasteiger partial charge in [-0.15, -0.1) is 0 Å². The molecule has 0 aliphatic carbocycles. The number of amides is 1. The summed E-state index contributed by atoms with van der Waals surface area (Å²) in [5, 5.41) is 0. The van der Waals surface area contributed by atoms with Gasteiger partial charge in [0.15, 0.2) is 0 Å². The Morgan fingerprint density at radius 2 is 1.88 bits per heavy atom. The lowest BCUT2D eigenvalue weighted by Gasteiger charge is -2.15. The van der Waals surface area contributed by atoms with E-state index in [1.807, 2.05) is 60.4 Å². The Bertz CT molecular complexity index is 904. The molecule has 0 unspecified atom stereocenters. The molecule has 0 bridgehead atoms. The molecule has 5 heteroatoms. The van der Waals surface area contributed by atoms with Gasteiger partial charge in [0.05, 0.1) is 17.6 Å². The Balaban J connectivity index is 1.59. The molecule has 0 saturated carbocycles. The first-order valence-corrected chi connectivity index (χ1v) is 9.17. The number of benzene rings is 2. The third kappa shape index (κ3) is 3.17. The first-order valence-electron chi connectivity index (χ1n) is 9.17. The molecule has 1 saturated heterocycles. The maximum absolute atomic E-state index is 12.2. The van der Waals surface area contributed by atoms with Crippen molar-refractivity contribution in [2.24, 2.45) is 0 Å². The maximum Gasteiger partial charge on any atom is 0.223 e. The van der Waals surface area contributed by atoms with Crippen molar-refractivity contribution in [3.63, 3.8) is 0 Å². The number of aromatic nitrogens is 2. The summed E-state index contributed by atoms with van der Waals surface area (Å²) >= 11 is 0. The largest absolute Gasteiger partial charge is 0.492 e. The van der Waals surface area contributed by atoms with Gasteiger partial charge in [-0.3, -0.25) is 4.79 Å². The number of imidazole rings is 1. The molecular weight excluding hydrogens is 326 g/mol. The molecule has 26 heavy (non-hydrogen) atoms. The molecule has 0 radical (unpaired) electrons. The first kappa shape index (κ1) is 16.6. The smallest absolute Gasteiger partial charge is 0.223 e. The molecule has 1 aromatic heterocycles. The normalized spacial score (nSPS) is 17.2. The van der Waals surface area contributed by atoms with Crippen LogP contribution in [0.5, 0.6) is 5.75 Å². The summed E-state index contributed by atoms with van der Waals surface area (Å²) in [4.78, 5) is 18.9. The number of hydrogen-bond donors (Lipinski definition) is 0. The molecular formula is C21H23N3O2. The van der Waals surface area contributed by atoms with E-state index in [0.717, 1.165) is 35.7 Å². The van der Waals surface area contributed by atoms with Gasteiger partial charge in [-0.2, -0.15) is 0 Å². The summed E-state index contributed by atoms with van der Waals surface area (Å²) in [5.41, 5.74) is 2.08. The molecule has 3 aromatic rings. The molecule has 0 N–H and O–H groups in total. The van der Waals surface area contributed by atoms with Crippen molar-refractivity contribution in [3.8, 4) is 5.75 Å². The van der Waals surface area contributed by atoms with Crippen molar-refractivity contribution in [2.45, 2.75) is 25.8 Å². The lowest BCUT2D eigenvalue weighted by molar-refractivity contribution is -0.127. The summed E-state index contributed by atoms with van der Waals surface area (Å²) in [6, 6.07) is 18.0. The van der Waals surface area contributed by atoms with E-state index in [2.05, 4.69) is 10.6 Å². The van der Waals surface area contributed by atoms with Gasteiger partial charge in [-0.05, 0) is 31.2 Å². The minimum atomic E-state index is 0.145. The number of rotatable bonds is 6. The van der Waals surface area contributed by atoms with Gasteiger partial charge in [0, 0.05) is 25.4 Å². The van der Waals surface area contributed by atoms with Crippen molar-refractivity contribution in [3.05, 3.63) is 60.4 Å². The van der Waals surface area contributed by atoms with Crippen LogP contribution in [0.25, 0.3) is 11.0 Å². The number of carbonyl (C=O) groups is 1. The number of nitrogens with zero attached hydrogens (tertiary/aromatic N) is 3. The van der Waals surface area contributed by atoms with Crippen LogP contribution in [-0.2, 0) is 11.3 Å². The SMILES string of the molecule is CCN1C[C@H](c2nc3ccccc3n2CCOc2ccccc2)CC1=O. The van der Waals surface area contributed by atoms with Gasteiger partial charge >= 0.3 is 0 Å². The van der Waals surface area contributed by atoms with E-state index in [9.17, 15) is 4.79 Å².